The fourth-order valence-electron chi connectivity index (χ4n) is 3.46. The zero-order valence-corrected chi connectivity index (χ0v) is 16.9. The molecule has 0 N–H and O–H groups in total. The van der Waals surface area contributed by atoms with Gasteiger partial charge >= 0.3 is 0 Å². The van der Waals surface area contributed by atoms with Crippen LogP contribution in [-0.4, -0.2) is 31.7 Å². The van der Waals surface area contributed by atoms with Crippen LogP contribution in [0.25, 0.3) is 39.2 Å². The Labute approximate surface area is 176 Å². The van der Waals surface area contributed by atoms with Crippen molar-refractivity contribution >= 4 is 28.3 Å². The molecular formula is C22H15ClFN5O. The van der Waals surface area contributed by atoms with Gasteiger partial charge in [0.05, 0.1) is 23.3 Å². The van der Waals surface area contributed by atoms with E-state index in [-0.39, 0.29) is 0 Å². The Morgan fingerprint density at radius 3 is 2.60 bits per heavy atom. The van der Waals surface area contributed by atoms with Crippen molar-refractivity contribution in [3.05, 3.63) is 71.4 Å². The molecule has 5 rings (SSSR count). The van der Waals surface area contributed by atoms with E-state index in [1.807, 2.05) is 35.6 Å². The number of ether oxygens (including phenoxy) is 1. The lowest BCUT2D eigenvalue weighted by molar-refractivity contribution is 0.415. The van der Waals surface area contributed by atoms with Crippen LogP contribution in [0.1, 0.15) is 5.69 Å². The molecule has 0 radical (unpaired) electrons. The van der Waals surface area contributed by atoms with Crippen molar-refractivity contribution in [2.75, 3.05) is 7.11 Å². The normalized spacial score (nSPS) is 11.3. The Kier molecular flexibility index (Phi) is 4.33. The summed E-state index contributed by atoms with van der Waals surface area (Å²) in [6, 6.07) is 14.2. The number of fused-ring (bicyclic) bond motifs is 3. The quantitative estimate of drug-likeness (QED) is 0.380. The van der Waals surface area contributed by atoms with Gasteiger partial charge in [-0.05, 0) is 55.0 Å². The van der Waals surface area contributed by atoms with E-state index in [0.717, 1.165) is 27.9 Å². The molecule has 0 aliphatic heterocycles. The predicted molar refractivity (Wildman–Crippen MR) is 113 cm³/mol. The highest BCUT2D eigenvalue weighted by Crippen LogP contribution is 2.34. The monoisotopic (exact) mass is 419 g/mol. The van der Waals surface area contributed by atoms with Crippen molar-refractivity contribution in [2.24, 2.45) is 0 Å². The zero-order valence-electron chi connectivity index (χ0n) is 16.1. The first-order valence-electron chi connectivity index (χ1n) is 9.16. The molecular weight excluding hydrogens is 405 g/mol. The van der Waals surface area contributed by atoms with Crippen LogP contribution in [0.4, 0.5) is 4.39 Å². The zero-order chi connectivity index (χ0) is 20.8. The summed E-state index contributed by atoms with van der Waals surface area (Å²) in [5.41, 5.74) is 5.25. The van der Waals surface area contributed by atoms with Crippen molar-refractivity contribution in [3.63, 3.8) is 0 Å². The predicted octanol–water partition coefficient (Wildman–Crippen LogP) is 5.12. The van der Waals surface area contributed by atoms with Gasteiger partial charge < -0.3 is 4.74 Å². The average Bonchev–Trinajstić information content (AvgIpc) is 3.11. The minimum atomic E-state index is -0.520. The van der Waals surface area contributed by atoms with Gasteiger partial charge in [0.15, 0.2) is 5.65 Å². The maximum absolute atomic E-state index is 13.2. The third-order valence-corrected chi connectivity index (χ3v) is 5.29. The number of nitrogens with zero attached hydrogens (tertiary/aromatic N) is 5. The van der Waals surface area contributed by atoms with E-state index < -0.39 is 5.95 Å². The molecule has 0 atom stereocenters. The fourth-order valence-corrected chi connectivity index (χ4v) is 3.67. The number of aromatic nitrogens is 5. The van der Waals surface area contributed by atoms with Crippen molar-refractivity contribution in [2.45, 2.75) is 6.92 Å². The van der Waals surface area contributed by atoms with Crippen LogP contribution in [0.2, 0.25) is 5.02 Å². The van der Waals surface area contributed by atoms with E-state index >= 15 is 0 Å². The molecule has 0 bridgehead atoms. The molecule has 0 amide bonds. The van der Waals surface area contributed by atoms with Crippen molar-refractivity contribution in [1.29, 1.82) is 0 Å². The Balaban J connectivity index is 1.82. The van der Waals surface area contributed by atoms with Gasteiger partial charge in [-0.25, -0.2) is 9.97 Å². The van der Waals surface area contributed by atoms with Crippen LogP contribution in [-0.2, 0) is 0 Å². The van der Waals surface area contributed by atoms with Gasteiger partial charge in [-0.3, -0.25) is 4.40 Å². The number of rotatable bonds is 3. The highest BCUT2D eigenvalue weighted by molar-refractivity contribution is 6.33. The second-order valence-corrected chi connectivity index (χ2v) is 7.21. The SMILES string of the molecule is COc1ccc(Cl)c(-c2nc(C)c3nnc4ccc(-c5ccc(F)nc5)cc4n23)c1. The summed E-state index contributed by atoms with van der Waals surface area (Å²) in [6.07, 6.45) is 1.50. The van der Waals surface area contributed by atoms with Gasteiger partial charge in [-0.2, -0.15) is 4.39 Å². The van der Waals surface area contributed by atoms with Gasteiger partial charge in [0, 0.05) is 17.3 Å². The summed E-state index contributed by atoms with van der Waals surface area (Å²) in [7, 11) is 1.60. The molecule has 2 aromatic carbocycles. The highest BCUT2D eigenvalue weighted by Gasteiger charge is 2.18. The molecule has 0 fully saturated rings. The van der Waals surface area contributed by atoms with Crippen LogP contribution in [0, 0.1) is 12.9 Å². The number of hydrogen-bond donors (Lipinski definition) is 0. The van der Waals surface area contributed by atoms with E-state index in [4.69, 9.17) is 21.3 Å². The number of halogens is 2. The minimum absolute atomic E-state index is 0.520. The van der Waals surface area contributed by atoms with Crippen LogP contribution in [0.3, 0.4) is 0 Å². The first-order chi connectivity index (χ1) is 14.5. The standard InChI is InChI=1S/C22H15ClFN5O/c1-12-21-28-27-18-7-3-13(14-4-8-20(24)25-11-14)9-19(18)29(21)22(26-12)16-10-15(30-2)5-6-17(16)23/h3-11H,1-2H3. The number of benzene rings is 2. The lowest BCUT2D eigenvalue weighted by Gasteiger charge is -2.09. The molecule has 148 valence electrons. The molecule has 0 unspecified atom stereocenters. The molecule has 0 saturated carbocycles. The van der Waals surface area contributed by atoms with Gasteiger partial charge in [0.25, 0.3) is 0 Å². The number of imidazole rings is 1. The van der Waals surface area contributed by atoms with Gasteiger partial charge in [-0.1, -0.05) is 17.7 Å². The molecule has 8 heteroatoms. The van der Waals surface area contributed by atoms with E-state index in [1.54, 1.807) is 25.3 Å². The number of hydrogen-bond acceptors (Lipinski definition) is 5. The Hall–Kier alpha value is -3.58. The molecule has 6 nitrogen and oxygen atoms in total. The molecule has 30 heavy (non-hydrogen) atoms. The van der Waals surface area contributed by atoms with Crippen molar-refractivity contribution in [1.82, 2.24) is 24.6 Å². The summed E-state index contributed by atoms with van der Waals surface area (Å²) in [6.45, 7) is 1.88. The molecule has 0 aliphatic carbocycles. The smallest absolute Gasteiger partial charge is 0.212 e. The minimum Gasteiger partial charge on any atom is -0.497 e. The Morgan fingerprint density at radius 2 is 1.83 bits per heavy atom. The van der Waals surface area contributed by atoms with E-state index in [2.05, 4.69) is 15.2 Å². The lowest BCUT2D eigenvalue weighted by atomic mass is 10.1. The average molecular weight is 420 g/mol. The summed E-state index contributed by atoms with van der Waals surface area (Å²) in [5.74, 6) is 0.793. The fraction of sp³-hybridized carbons (Fsp3) is 0.0909. The van der Waals surface area contributed by atoms with Crippen LogP contribution < -0.4 is 4.74 Å². The van der Waals surface area contributed by atoms with Crippen molar-refractivity contribution < 1.29 is 9.13 Å². The number of methoxy groups -OCH3 is 1. The summed E-state index contributed by atoms with van der Waals surface area (Å²) < 4.78 is 20.5. The third-order valence-electron chi connectivity index (χ3n) is 4.96. The molecule has 3 heterocycles. The molecule has 0 aliphatic rings. The van der Waals surface area contributed by atoms with E-state index in [9.17, 15) is 4.39 Å². The first kappa shape index (κ1) is 18.4. The van der Waals surface area contributed by atoms with Crippen LogP contribution in [0.15, 0.2) is 54.7 Å². The van der Waals surface area contributed by atoms with Gasteiger partial charge in [0.2, 0.25) is 5.95 Å². The molecule has 3 aromatic heterocycles. The van der Waals surface area contributed by atoms with Crippen LogP contribution >= 0.6 is 11.6 Å². The van der Waals surface area contributed by atoms with Gasteiger partial charge in [0.1, 0.15) is 17.1 Å². The van der Waals surface area contributed by atoms with E-state index in [1.165, 1.54) is 12.3 Å². The third kappa shape index (κ3) is 2.95. The number of pyridine rings is 1. The first-order valence-corrected chi connectivity index (χ1v) is 9.54. The maximum atomic E-state index is 13.2. The molecule has 0 saturated heterocycles. The lowest BCUT2D eigenvalue weighted by Crippen LogP contribution is -1.98. The second-order valence-electron chi connectivity index (χ2n) is 6.80. The van der Waals surface area contributed by atoms with Crippen molar-refractivity contribution in [3.8, 4) is 28.3 Å². The summed E-state index contributed by atoms with van der Waals surface area (Å²) >= 11 is 6.50. The van der Waals surface area contributed by atoms with Crippen LogP contribution in [0.5, 0.6) is 5.75 Å². The van der Waals surface area contributed by atoms with Gasteiger partial charge in [-0.15, -0.1) is 10.2 Å². The molecule has 0 spiro atoms. The summed E-state index contributed by atoms with van der Waals surface area (Å²) in [5, 5.41) is 9.24. The highest BCUT2D eigenvalue weighted by atomic mass is 35.5. The second kappa shape index (κ2) is 7.03. The Morgan fingerprint density at radius 1 is 1.00 bits per heavy atom. The summed E-state index contributed by atoms with van der Waals surface area (Å²) in [4.78, 5) is 8.47. The van der Waals surface area contributed by atoms with E-state index in [0.29, 0.717) is 27.8 Å². The largest absolute Gasteiger partial charge is 0.497 e. The topological polar surface area (TPSA) is 65.2 Å². The Bertz CT molecular complexity index is 1420. The number of aryl methyl sites for hydroxylation is 1. The molecule has 5 aromatic rings. The maximum Gasteiger partial charge on any atom is 0.212 e.